The fourth-order valence-corrected chi connectivity index (χ4v) is 3.15. The molecule has 4 rings (SSSR count). The Kier molecular flexibility index (Phi) is 4.16. The molecule has 1 aromatic carbocycles. The summed E-state index contributed by atoms with van der Waals surface area (Å²) in [5.41, 5.74) is 0.240. The number of hydrogen-bond acceptors (Lipinski definition) is 6. The van der Waals surface area contributed by atoms with Gasteiger partial charge in [-0.2, -0.15) is 0 Å². The predicted molar refractivity (Wildman–Crippen MR) is 96.0 cm³/mol. The van der Waals surface area contributed by atoms with Crippen molar-refractivity contribution in [1.29, 1.82) is 0 Å². The monoisotopic (exact) mass is 377 g/mol. The van der Waals surface area contributed by atoms with E-state index in [1.54, 1.807) is 18.2 Å². The topological polar surface area (TPSA) is 114 Å². The molecular weight excluding hydrogens is 362 g/mol. The maximum atomic E-state index is 12.8. The van der Waals surface area contributed by atoms with Crippen LogP contribution in [0.1, 0.15) is 21.5 Å². The number of nitrogens with zero attached hydrogens (tertiary/aromatic N) is 3. The van der Waals surface area contributed by atoms with Gasteiger partial charge in [0.15, 0.2) is 0 Å². The molecule has 1 aromatic heterocycles. The lowest BCUT2D eigenvalue weighted by Crippen LogP contribution is -2.54. The van der Waals surface area contributed by atoms with Crippen LogP contribution in [0, 0.1) is 11.8 Å². The molecule has 2 aliphatic heterocycles. The third kappa shape index (κ3) is 3.01. The second-order valence-electron chi connectivity index (χ2n) is 6.38. The van der Waals surface area contributed by atoms with Gasteiger partial charge in [0.25, 0.3) is 11.8 Å². The van der Waals surface area contributed by atoms with Gasteiger partial charge in [0.05, 0.1) is 19.2 Å². The van der Waals surface area contributed by atoms with Crippen LogP contribution in [0.25, 0.3) is 0 Å². The molecule has 9 heteroatoms. The molecule has 2 N–H and O–H groups in total. The highest BCUT2D eigenvalue weighted by Crippen LogP contribution is 2.28. The van der Waals surface area contributed by atoms with Crippen LogP contribution in [0.4, 0.5) is 4.79 Å². The molecule has 0 spiro atoms. The van der Waals surface area contributed by atoms with E-state index in [9.17, 15) is 14.4 Å². The maximum Gasteiger partial charge on any atom is 0.323 e. The maximum absolute atomic E-state index is 12.8. The number of hydrogen-bond donors (Lipinski definition) is 2. The molecule has 2 aliphatic rings. The van der Waals surface area contributed by atoms with Crippen LogP contribution in [-0.4, -0.2) is 51.9 Å². The fourth-order valence-electron chi connectivity index (χ4n) is 3.15. The average molecular weight is 377 g/mol. The molecule has 1 fully saturated rings. The molecular formula is C19H15N5O4. The van der Waals surface area contributed by atoms with Crippen LogP contribution in [0.3, 0.4) is 0 Å². The molecule has 0 aliphatic carbocycles. The Morgan fingerprint density at radius 2 is 2.04 bits per heavy atom. The second-order valence-corrected chi connectivity index (χ2v) is 6.38. The van der Waals surface area contributed by atoms with E-state index in [0.29, 0.717) is 23.4 Å². The predicted octanol–water partition coefficient (Wildman–Crippen LogP) is 0.0709. The van der Waals surface area contributed by atoms with Gasteiger partial charge in [-0.05, 0) is 17.7 Å². The van der Waals surface area contributed by atoms with Gasteiger partial charge in [0, 0.05) is 24.5 Å². The number of benzene rings is 1. The molecule has 0 bridgehead atoms. The summed E-state index contributed by atoms with van der Waals surface area (Å²) in [5, 5.41) is 4.74. The number of carbonyl (C=O) groups is 3. The zero-order valence-electron chi connectivity index (χ0n) is 14.9. The lowest BCUT2D eigenvalue weighted by Gasteiger charge is -2.26. The van der Waals surface area contributed by atoms with Crippen LogP contribution in [0.5, 0.6) is 5.75 Å². The minimum absolute atomic E-state index is 0.0961. The SMILES string of the molecule is COc1ccc2c(c1)C(=O)N(C[C@@]1(C#Cc3cncnc3)NC(=O)NC1=O)C2. The molecule has 28 heavy (non-hydrogen) atoms. The summed E-state index contributed by atoms with van der Waals surface area (Å²) in [5.74, 6) is 5.30. The highest BCUT2D eigenvalue weighted by atomic mass is 16.5. The molecule has 9 nitrogen and oxygen atoms in total. The van der Waals surface area contributed by atoms with Crippen molar-refractivity contribution in [3.63, 3.8) is 0 Å². The van der Waals surface area contributed by atoms with Crippen LogP contribution < -0.4 is 15.4 Å². The zero-order chi connectivity index (χ0) is 19.7. The van der Waals surface area contributed by atoms with E-state index < -0.39 is 17.5 Å². The summed E-state index contributed by atoms with van der Waals surface area (Å²) in [6.07, 6.45) is 4.34. The molecule has 4 amide bonds. The van der Waals surface area contributed by atoms with Crippen LogP contribution in [0.15, 0.2) is 36.9 Å². The van der Waals surface area contributed by atoms with Crippen molar-refractivity contribution in [2.75, 3.05) is 13.7 Å². The Balaban J connectivity index is 1.65. The van der Waals surface area contributed by atoms with Crippen molar-refractivity contribution < 1.29 is 19.1 Å². The van der Waals surface area contributed by atoms with Crippen LogP contribution >= 0.6 is 0 Å². The van der Waals surface area contributed by atoms with Gasteiger partial charge in [-0.3, -0.25) is 14.9 Å². The molecule has 140 valence electrons. The number of fused-ring (bicyclic) bond motifs is 1. The summed E-state index contributed by atoms with van der Waals surface area (Å²) in [6, 6.07) is 4.57. The van der Waals surface area contributed by atoms with Gasteiger partial charge in [-0.15, -0.1) is 0 Å². The van der Waals surface area contributed by atoms with E-state index in [4.69, 9.17) is 4.74 Å². The van der Waals surface area contributed by atoms with E-state index >= 15 is 0 Å². The normalized spacial score (nSPS) is 20.2. The molecule has 0 unspecified atom stereocenters. The van der Waals surface area contributed by atoms with Gasteiger partial charge in [-0.1, -0.05) is 17.9 Å². The van der Waals surface area contributed by atoms with E-state index in [1.807, 2.05) is 0 Å². The van der Waals surface area contributed by atoms with Gasteiger partial charge in [-0.25, -0.2) is 14.8 Å². The first-order valence-electron chi connectivity index (χ1n) is 8.39. The second kappa shape index (κ2) is 6.66. The first kappa shape index (κ1) is 17.5. The summed E-state index contributed by atoms with van der Waals surface area (Å²) in [6.45, 7) is 0.209. The zero-order valence-corrected chi connectivity index (χ0v) is 14.9. The molecule has 3 heterocycles. The third-order valence-electron chi connectivity index (χ3n) is 4.55. The minimum Gasteiger partial charge on any atom is -0.497 e. The van der Waals surface area contributed by atoms with Crippen molar-refractivity contribution in [2.45, 2.75) is 12.1 Å². The highest BCUT2D eigenvalue weighted by molar-refractivity contribution is 6.10. The van der Waals surface area contributed by atoms with E-state index in [1.165, 1.54) is 30.7 Å². The lowest BCUT2D eigenvalue weighted by atomic mass is 9.99. The summed E-state index contributed by atoms with van der Waals surface area (Å²) < 4.78 is 5.17. The van der Waals surface area contributed by atoms with Crippen LogP contribution in [0.2, 0.25) is 0 Å². The van der Waals surface area contributed by atoms with Crippen molar-refractivity contribution in [1.82, 2.24) is 25.5 Å². The van der Waals surface area contributed by atoms with Gasteiger partial charge >= 0.3 is 6.03 Å². The summed E-state index contributed by atoms with van der Waals surface area (Å²) >= 11 is 0. The smallest absolute Gasteiger partial charge is 0.323 e. The minimum atomic E-state index is -1.56. The first-order valence-corrected chi connectivity index (χ1v) is 8.39. The number of nitrogens with one attached hydrogen (secondary N) is 2. The standard InChI is InChI=1S/C19H15N5O4/c1-28-14-3-2-13-9-24(16(25)15(13)6-14)10-19(17(26)22-18(27)23-19)5-4-12-7-20-11-21-8-12/h2-3,6-8,11H,9-10H2,1H3,(H2,22,23,26,27)/t19-/m1/s1. The number of amides is 4. The van der Waals surface area contributed by atoms with Gasteiger partial charge in [0.2, 0.25) is 5.54 Å². The van der Waals surface area contributed by atoms with Crippen LogP contribution in [-0.2, 0) is 11.3 Å². The number of imide groups is 1. The summed E-state index contributed by atoms with van der Waals surface area (Å²) in [4.78, 5) is 46.3. The van der Waals surface area contributed by atoms with E-state index in [2.05, 4.69) is 32.4 Å². The van der Waals surface area contributed by atoms with Crippen molar-refractivity contribution in [3.05, 3.63) is 53.6 Å². The van der Waals surface area contributed by atoms with Gasteiger partial charge in [0.1, 0.15) is 12.1 Å². The first-order chi connectivity index (χ1) is 13.5. The number of ether oxygens (including phenoxy) is 1. The van der Waals surface area contributed by atoms with E-state index in [0.717, 1.165) is 5.56 Å². The number of rotatable bonds is 3. The largest absolute Gasteiger partial charge is 0.497 e. The quantitative estimate of drug-likeness (QED) is 0.578. The fraction of sp³-hybridized carbons (Fsp3) is 0.211. The van der Waals surface area contributed by atoms with Gasteiger partial charge < -0.3 is 15.0 Å². The summed E-state index contributed by atoms with van der Waals surface area (Å²) in [7, 11) is 1.52. The Morgan fingerprint density at radius 1 is 1.25 bits per heavy atom. The molecule has 1 saturated heterocycles. The lowest BCUT2D eigenvalue weighted by molar-refractivity contribution is -0.122. The molecule has 0 saturated carbocycles. The molecule has 1 atom stereocenters. The average Bonchev–Trinajstić information content (AvgIpc) is 3.16. The van der Waals surface area contributed by atoms with Crippen molar-refractivity contribution >= 4 is 17.8 Å². The molecule has 0 radical (unpaired) electrons. The molecule has 2 aromatic rings. The van der Waals surface area contributed by atoms with Crippen molar-refractivity contribution in [2.24, 2.45) is 0 Å². The third-order valence-corrected chi connectivity index (χ3v) is 4.55. The highest BCUT2D eigenvalue weighted by Gasteiger charge is 2.48. The van der Waals surface area contributed by atoms with Crippen molar-refractivity contribution in [3.8, 4) is 17.6 Å². The Morgan fingerprint density at radius 3 is 2.71 bits per heavy atom. The number of aromatic nitrogens is 2. The van der Waals surface area contributed by atoms with E-state index in [-0.39, 0.29) is 12.5 Å². The number of urea groups is 1. The Bertz CT molecular complexity index is 1040. The number of methoxy groups -OCH3 is 1. The Labute approximate surface area is 160 Å². The Hall–Kier alpha value is -3.93. The number of carbonyl (C=O) groups excluding carboxylic acids is 3.